The average Bonchev–Trinajstić information content (AvgIpc) is 3.10. The molecule has 1 atom stereocenters. The Kier molecular flexibility index (Phi) is 3.90. The van der Waals surface area contributed by atoms with Crippen molar-refractivity contribution in [3.8, 4) is 0 Å². The number of carbonyl (C=O) groups excluding carboxylic acids is 1. The van der Waals surface area contributed by atoms with Gasteiger partial charge in [0.15, 0.2) is 5.41 Å². The van der Waals surface area contributed by atoms with E-state index in [9.17, 15) is 22.8 Å². The van der Waals surface area contributed by atoms with Crippen molar-refractivity contribution in [1.29, 1.82) is 0 Å². The van der Waals surface area contributed by atoms with E-state index in [2.05, 4.69) is 6.58 Å². The van der Waals surface area contributed by atoms with E-state index in [0.29, 0.717) is 0 Å². The van der Waals surface area contributed by atoms with E-state index < -0.39 is 36.6 Å². The summed E-state index contributed by atoms with van der Waals surface area (Å²) < 4.78 is 39.2. The lowest BCUT2D eigenvalue weighted by molar-refractivity contribution is -0.227. The van der Waals surface area contributed by atoms with Gasteiger partial charge < -0.3 is 14.9 Å². The van der Waals surface area contributed by atoms with Gasteiger partial charge >= 0.3 is 18.2 Å². The lowest BCUT2D eigenvalue weighted by atomic mass is 9.86. The van der Waals surface area contributed by atoms with Crippen molar-refractivity contribution in [3.63, 3.8) is 0 Å². The minimum atomic E-state index is -4.88. The number of halogens is 3. The Morgan fingerprint density at radius 3 is 2.43 bits per heavy atom. The third-order valence-electron chi connectivity index (χ3n) is 4.05. The number of carboxylic acid groups (broad SMARTS) is 1. The van der Waals surface area contributed by atoms with Gasteiger partial charge in [0.1, 0.15) is 0 Å². The van der Waals surface area contributed by atoms with Gasteiger partial charge in [0.25, 0.3) is 0 Å². The van der Waals surface area contributed by atoms with Crippen LogP contribution in [0, 0.1) is 5.41 Å². The molecule has 21 heavy (non-hydrogen) atoms. The molecule has 1 aliphatic heterocycles. The standard InChI is InChI=1S/C13H17F3N2O3/c1-2-6-18(9-3-4-9)11(21)17-7-5-12(8-17,10(19)20)13(14,15)16/h2,9H,1,3-8H2,(H,19,20). The number of alkyl halides is 3. The summed E-state index contributed by atoms with van der Waals surface area (Å²) in [6.07, 6.45) is -2.34. The number of carboxylic acids is 1. The molecule has 1 unspecified atom stereocenters. The molecule has 1 N–H and O–H groups in total. The maximum Gasteiger partial charge on any atom is 0.406 e. The van der Waals surface area contributed by atoms with Gasteiger partial charge in [0.05, 0.1) is 0 Å². The van der Waals surface area contributed by atoms with Crippen LogP contribution in [0.5, 0.6) is 0 Å². The molecule has 2 fully saturated rings. The normalized spacial score (nSPS) is 25.8. The summed E-state index contributed by atoms with van der Waals surface area (Å²) >= 11 is 0. The maximum absolute atomic E-state index is 13.1. The molecular weight excluding hydrogens is 289 g/mol. The van der Waals surface area contributed by atoms with Crippen molar-refractivity contribution >= 4 is 12.0 Å². The van der Waals surface area contributed by atoms with Crippen LogP contribution in [0.2, 0.25) is 0 Å². The Bertz CT molecular complexity index is 462. The minimum Gasteiger partial charge on any atom is -0.481 e. The smallest absolute Gasteiger partial charge is 0.406 e. The van der Waals surface area contributed by atoms with Crippen LogP contribution < -0.4 is 0 Å². The number of urea groups is 1. The quantitative estimate of drug-likeness (QED) is 0.809. The van der Waals surface area contributed by atoms with Crippen molar-refractivity contribution in [1.82, 2.24) is 9.80 Å². The van der Waals surface area contributed by atoms with E-state index in [1.807, 2.05) is 0 Å². The second-order valence-corrected chi connectivity index (χ2v) is 5.51. The van der Waals surface area contributed by atoms with Gasteiger partial charge in [-0.2, -0.15) is 13.2 Å². The molecule has 118 valence electrons. The van der Waals surface area contributed by atoms with Gasteiger partial charge in [0, 0.05) is 25.7 Å². The lowest BCUT2D eigenvalue weighted by Gasteiger charge is -2.30. The highest BCUT2D eigenvalue weighted by molar-refractivity contribution is 5.81. The van der Waals surface area contributed by atoms with Crippen LogP contribution in [0.1, 0.15) is 19.3 Å². The molecule has 0 aromatic heterocycles. The van der Waals surface area contributed by atoms with E-state index in [1.165, 1.54) is 11.0 Å². The molecule has 0 bridgehead atoms. The van der Waals surface area contributed by atoms with Crippen molar-refractivity contribution in [2.45, 2.75) is 31.5 Å². The third-order valence-corrected chi connectivity index (χ3v) is 4.05. The Morgan fingerprint density at radius 1 is 1.43 bits per heavy atom. The molecule has 1 saturated carbocycles. The summed E-state index contributed by atoms with van der Waals surface area (Å²) in [5.74, 6) is -1.92. The molecule has 1 aliphatic carbocycles. The van der Waals surface area contributed by atoms with Crippen LogP contribution >= 0.6 is 0 Å². The lowest BCUT2D eigenvalue weighted by Crippen LogP contribution is -2.50. The van der Waals surface area contributed by atoms with Crippen LogP contribution in [-0.2, 0) is 4.79 Å². The Labute approximate surface area is 120 Å². The summed E-state index contributed by atoms with van der Waals surface area (Å²) in [5, 5.41) is 8.97. The molecule has 2 rings (SSSR count). The van der Waals surface area contributed by atoms with Crippen molar-refractivity contribution in [3.05, 3.63) is 12.7 Å². The monoisotopic (exact) mass is 306 g/mol. The molecule has 0 aromatic rings. The number of hydrogen-bond donors (Lipinski definition) is 1. The minimum absolute atomic E-state index is 0.0289. The van der Waals surface area contributed by atoms with Crippen LogP contribution in [0.3, 0.4) is 0 Å². The van der Waals surface area contributed by atoms with E-state index in [1.54, 1.807) is 0 Å². The number of amides is 2. The zero-order valence-electron chi connectivity index (χ0n) is 11.4. The summed E-state index contributed by atoms with van der Waals surface area (Å²) in [6.45, 7) is 2.75. The largest absolute Gasteiger partial charge is 0.481 e. The van der Waals surface area contributed by atoms with Crippen LogP contribution in [0.25, 0.3) is 0 Å². The van der Waals surface area contributed by atoms with Gasteiger partial charge in [-0.25, -0.2) is 4.79 Å². The Balaban J connectivity index is 2.15. The second-order valence-electron chi connectivity index (χ2n) is 5.51. The van der Waals surface area contributed by atoms with E-state index in [-0.39, 0.29) is 19.1 Å². The SMILES string of the molecule is C=CCN(C(=O)N1CCC(C(=O)O)(C(F)(F)F)C1)C1CC1. The number of aliphatic carboxylic acids is 1. The van der Waals surface area contributed by atoms with E-state index >= 15 is 0 Å². The first-order valence-electron chi connectivity index (χ1n) is 6.69. The Morgan fingerprint density at radius 2 is 2.05 bits per heavy atom. The first kappa shape index (κ1) is 15.7. The molecule has 1 saturated heterocycles. The molecule has 8 heteroatoms. The zero-order chi connectivity index (χ0) is 15.8. The summed E-state index contributed by atoms with van der Waals surface area (Å²) in [5.41, 5.74) is -2.86. The Hall–Kier alpha value is -1.73. The predicted octanol–water partition coefficient (Wildman–Crippen LogP) is 2.10. The van der Waals surface area contributed by atoms with Crippen LogP contribution in [0.4, 0.5) is 18.0 Å². The molecular formula is C13H17F3N2O3. The van der Waals surface area contributed by atoms with Gasteiger partial charge in [0.2, 0.25) is 0 Å². The molecule has 1 heterocycles. The van der Waals surface area contributed by atoms with Gasteiger partial charge in [-0.05, 0) is 19.3 Å². The number of rotatable bonds is 4. The molecule has 0 aromatic carbocycles. The first-order valence-corrected chi connectivity index (χ1v) is 6.69. The van der Waals surface area contributed by atoms with Crippen molar-refractivity contribution < 1.29 is 27.9 Å². The van der Waals surface area contributed by atoms with E-state index in [0.717, 1.165) is 17.7 Å². The molecule has 0 spiro atoms. The fourth-order valence-corrected chi connectivity index (χ4v) is 2.59. The number of hydrogen-bond acceptors (Lipinski definition) is 2. The summed E-state index contributed by atoms with van der Waals surface area (Å²) in [6, 6.07) is -0.508. The number of likely N-dealkylation sites (tertiary alicyclic amines) is 1. The third kappa shape index (κ3) is 2.71. The number of carbonyl (C=O) groups is 2. The van der Waals surface area contributed by atoms with Gasteiger partial charge in [-0.15, -0.1) is 6.58 Å². The second kappa shape index (κ2) is 5.23. The van der Waals surface area contributed by atoms with Crippen molar-refractivity contribution in [2.75, 3.05) is 19.6 Å². The zero-order valence-corrected chi connectivity index (χ0v) is 11.4. The van der Waals surface area contributed by atoms with E-state index in [4.69, 9.17) is 5.11 Å². The molecule has 0 radical (unpaired) electrons. The topological polar surface area (TPSA) is 60.9 Å². The fraction of sp³-hybridized carbons (Fsp3) is 0.692. The molecule has 2 aliphatic rings. The van der Waals surface area contributed by atoms with Crippen LogP contribution in [-0.4, -0.2) is 58.8 Å². The highest BCUT2D eigenvalue weighted by Gasteiger charge is 2.64. The predicted molar refractivity (Wildman–Crippen MR) is 67.6 cm³/mol. The first-order chi connectivity index (χ1) is 9.73. The van der Waals surface area contributed by atoms with Crippen LogP contribution in [0.15, 0.2) is 12.7 Å². The highest BCUT2D eigenvalue weighted by atomic mass is 19.4. The summed E-state index contributed by atoms with van der Waals surface area (Å²) in [4.78, 5) is 25.8. The fourth-order valence-electron chi connectivity index (χ4n) is 2.59. The number of nitrogens with zero attached hydrogens (tertiary/aromatic N) is 2. The summed E-state index contributed by atoms with van der Waals surface area (Å²) in [7, 11) is 0. The maximum atomic E-state index is 13.1. The van der Waals surface area contributed by atoms with Gasteiger partial charge in [-0.1, -0.05) is 6.08 Å². The molecule has 5 nitrogen and oxygen atoms in total. The average molecular weight is 306 g/mol. The molecule has 2 amide bonds. The highest BCUT2D eigenvalue weighted by Crippen LogP contribution is 2.46. The van der Waals surface area contributed by atoms with Crippen molar-refractivity contribution in [2.24, 2.45) is 5.41 Å². The van der Waals surface area contributed by atoms with Gasteiger partial charge in [-0.3, -0.25) is 4.79 Å².